The lowest BCUT2D eigenvalue weighted by atomic mass is 10.2. The van der Waals surface area contributed by atoms with E-state index < -0.39 is 32.6 Å². The van der Waals surface area contributed by atoms with Gasteiger partial charge in [-0.05, 0) is 36.4 Å². The molecule has 0 aliphatic heterocycles. The highest BCUT2D eigenvalue weighted by molar-refractivity contribution is 5.83. The number of nitro groups is 3. The summed E-state index contributed by atoms with van der Waals surface area (Å²) in [5.41, 5.74) is 8.33. The van der Waals surface area contributed by atoms with Crippen LogP contribution in [0.25, 0.3) is 43.6 Å². The smallest absolute Gasteiger partial charge is 0.270 e. The standard InChI is InChI=1S/C8H6FN3O2.C8H8FN3.C7H4FN3O2.C7H5N3O2/c1-11-7-3-2-5(12(13)14)4-6(7)8(9)10-11;1-12-7-3-2-5(10)4-6(7)8(9)11-12;8-7-5-3-4(11(12)13)1-2-6(5)9-10-7;11-10(12)6-1-2-7-5(3-6)4-8-9-7/h2-4H,1H3;2-4H,10H2,1H3;1-3H,(H,9,10);1-4H,(H,8,9). The monoisotopic (exact) mass is 704 g/mol. The molecule has 0 amide bonds. The molecule has 0 atom stereocenters. The Balaban J connectivity index is 0.000000132. The molecule has 0 fully saturated rings. The molecule has 0 aliphatic carbocycles. The summed E-state index contributed by atoms with van der Waals surface area (Å²) in [5.74, 6) is -1.82. The number of rotatable bonds is 3. The van der Waals surface area contributed by atoms with E-state index in [-0.39, 0.29) is 27.8 Å². The maximum atomic E-state index is 13.1. The number of hydrogen-bond donors (Lipinski definition) is 3. The van der Waals surface area contributed by atoms with Crippen molar-refractivity contribution in [1.82, 2.24) is 40.0 Å². The summed E-state index contributed by atoms with van der Waals surface area (Å²) in [4.78, 5) is 29.5. The van der Waals surface area contributed by atoms with Gasteiger partial charge in [0.25, 0.3) is 17.1 Å². The molecule has 21 heteroatoms. The predicted octanol–water partition coefficient (Wildman–Crippen LogP) is 6.00. The number of aromatic nitrogens is 8. The molecule has 0 aliphatic rings. The van der Waals surface area contributed by atoms with Crippen molar-refractivity contribution in [2.45, 2.75) is 0 Å². The fraction of sp³-hybridized carbons (Fsp3) is 0.0667. The van der Waals surface area contributed by atoms with E-state index >= 15 is 0 Å². The van der Waals surface area contributed by atoms with Crippen molar-refractivity contribution in [3.8, 4) is 0 Å². The lowest BCUT2D eigenvalue weighted by molar-refractivity contribution is -0.384. The molecule has 8 rings (SSSR count). The van der Waals surface area contributed by atoms with E-state index in [0.717, 1.165) is 22.5 Å². The van der Waals surface area contributed by atoms with Crippen LogP contribution in [0.2, 0.25) is 0 Å². The Bertz CT molecular complexity index is 2580. The molecule has 0 unspecified atom stereocenters. The normalized spacial score (nSPS) is 10.6. The molecule has 0 bridgehead atoms. The highest BCUT2D eigenvalue weighted by atomic mass is 19.1. The number of non-ortho nitro benzene ring substituents is 3. The Kier molecular flexibility index (Phi) is 9.81. The van der Waals surface area contributed by atoms with Gasteiger partial charge in [-0.1, -0.05) is 0 Å². The van der Waals surface area contributed by atoms with Crippen molar-refractivity contribution in [2.75, 3.05) is 5.73 Å². The van der Waals surface area contributed by atoms with Crippen molar-refractivity contribution < 1.29 is 27.9 Å². The van der Waals surface area contributed by atoms with Gasteiger partial charge in [-0.2, -0.15) is 23.4 Å². The van der Waals surface area contributed by atoms with Gasteiger partial charge >= 0.3 is 0 Å². The Morgan fingerprint density at radius 1 is 0.667 bits per heavy atom. The quantitative estimate of drug-likeness (QED) is 0.109. The SMILES string of the molecule is Cn1nc(F)c2cc(N)ccc21.Cn1nc(F)c2cc([N+](=O)[O-])ccc21.O=[N+]([O-])c1ccc2[nH]ncc2c1.O=[N+]([O-])c1ccc2n[nH]c(F)c2c1. The maximum Gasteiger partial charge on any atom is 0.270 e. The fourth-order valence-electron chi connectivity index (χ4n) is 4.69. The molecule has 18 nitrogen and oxygen atoms in total. The zero-order valence-electron chi connectivity index (χ0n) is 26.2. The Labute approximate surface area is 281 Å². The number of H-pyrrole nitrogens is 2. The number of nitrogen functional groups attached to an aromatic ring is 1. The summed E-state index contributed by atoms with van der Waals surface area (Å²) in [7, 11) is 3.28. The number of nitro benzene ring substituents is 3. The van der Waals surface area contributed by atoms with Crippen LogP contribution in [-0.4, -0.2) is 54.7 Å². The van der Waals surface area contributed by atoms with Gasteiger partial charge in [0.2, 0.25) is 17.8 Å². The van der Waals surface area contributed by atoms with E-state index in [2.05, 4.69) is 30.6 Å². The van der Waals surface area contributed by atoms with E-state index in [1.54, 1.807) is 44.6 Å². The van der Waals surface area contributed by atoms with Crippen molar-refractivity contribution in [2.24, 2.45) is 14.1 Å². The first kappa shape index (κ1) is 34.9. The summed E-state index contributed by atoms with van der Waals surface area (Å²) >= 11 is 0. The van der Waals surface area contributed by atoms with E-state index in [4.69, 9.17) is 5.73 Å². The number of benzene rings is 4. The van der Waals surface area contributed by atoms with Crippen LogP contribution in [0.3, 0.4) is 0 Å². The van der Waals surface area contributed by atoms with E-state index in [0.29, 0.717) is 22.1 Å². The zero-order valence-corrected chi connectivity index (χ0v) is 26.2. The van der Waals surface area contributed by atoms with E-state index in [1.165, 1.54) is 51.8 Å². The molecule has 4 aromatic heterocycles. The van der Waals surface area contributed by atoms with Crippen LogP contribution in [-0.2, 0) is 14.1 Å². The van der Waals surface area contributed by atoms with Gasteiger partial charge < -0.3 is 5.73 Å². The van der Waals surface area contributed by atoms with Gasteiger partial charge in [0, 0.05) is 61.6 Å². The Hall–Kier alpha value is -7.45. The second-order valence-electron chi connectivity index (χ2n) is 10.5. The number of nitrogens with zero attached hydrogens (tertiary/aromatic N) is 9. The summed E-state index contributed by atoms with van der Waals surface area (Å²) in [5, 5.41) is 51.9. The van der Waals surface area contributed by atoms with Crippen LogP contribution in [0.5, 0.6) is 0 Å². The minimum absolute atomic E-state index is 0.0869. The molecule has 4 aromatic carbocycles. The van der Waals surface area contributed by atoms with Crippen LogP contribution < -0.4 is 5.73 Å². The van der Waals surface area contributed by atoms with Crippen molar-refractivity contribution in [3.05, 3.63) is 127 Å². The first-order valence-corrected chi connectivity index (χ1v) is 14.2. The first-order valence-electron chi connectivity index (χ1n) is 14.2. The third-order valence-corrected chi connectivity index (χ3v) is 7.17. The Morgan fingerprint density at radius 2 is 1.18 bits per heavy atom. The highest BCUT2D eigenvalue weighted by Crippen LogP contribution is 2.23. The molecule has 4 heterocycles. The molecule has 0 saturated heterocycles. The number of nitrogens with one attached hydrogen (secondary N) is 2. The van der Waals surface area contributed by atoms with Gasteiger partial charge in [-0.3, -0.25) is 49.9 Å². The Morgan fingerprint density at radius 3 is 1.78 bits per heavy atom. The van der Waals surface area contributed by atoms with Crippen LogP contribution in [0, 0.1) is 48.2 Å². The largest absolute Gasteiger partial charge is 0.399 e. The van der Waals surface area contributed by atoms with E-state index in [1.807, 2.05) is 0 Å². The minimum Gasteiger partial charge on any atom is -0.399 e. The van der Waals surface area contributed by atoms with Crippen molar-refractivity contribution in [1.29, 1.82) is 0 Å². The zero-order chi connectivity index (χ0) is 37.0. The average molecular weight is 705 g/mol. The van der Waals surface area contributed by atoms with Crippen LogP contribution >= 0.6 is 0 Å². The first-order chi connectivity index (χ1) is 24.2. The van der Waals surface area contributed by atoms with Gasteiger partial charge in [-0.15, -0.1) is 10.2 Å². The second-order valence-corrected chi connectivity index (χ2v) is 10.5. The average Bonchev–Trinajstić information content (AvgIpc) is 3.86. The van der Waals surface area contributed by atoms with Gasteiger partial charge in [0.05, 0.1) is 59.2 Å². The molecule has 0 spiro atoms. The number of anilines is 1. The fourth-order valence-corrected chi connectivity index (χ4v) is 4.69. The molecule has 260 valence electrons. The number of nitrogens with two attached hydrogens (primary N) is 1. The molecular formula is C30H23F3N12O6. The lowest BCUT2D eigenvalue weighted by Crippen LogP contribution is -1.90. The number of hydrogen-bond acceptors (Lipinski definition) is 11. The molecule has 8 aromatic rings. The summed E-state index contributed by atoms with van der Waals surface area (Å²) in [6.07, 6.45) is 1.56. The number of halogens is 3. The number of aryl methyl sites for hydroxylation is 2. The highest BCUT2D eigenvalue weighted by Gasteiger charge is 2.13. The van der Waals surface area contributed by atoms with Crippen LogP contribution in [0.15, 0.2) is 79.0 Å². The third-order valence-electron chi connectivity index (χ3n) is 7.17. The van der Waals surface area contributed by atoms with Gasteiger partial charge in [0.15, 0.2) is 0 Å². The van der Waals surface area contributed by atoms with Gasteiger partial charge in [-0.25, -0.2) is 0 Å². The van der Waals surface area contributed by atoms with Crippen molar-refractivity contribution in [3.63, 3.8) is 0 Å². The topological polar surface area (TPSA) is 248 Å². The summed E-state index contributed by atoms with van der Waals surface area (Å²) in [6.45, 7) is 0. The minimum atomic E-state index is -0.689. The van der Waals surface area contributed by atoms with Crippen molar-refractivity contribution >= 4 is 66.4 Å². The molecule has 51 heavy (non-hydrogen) atoms. The predicted molar refractivity (Wildman–Crippen MR) is 178 cm³/mol. The third kappa shape index (κ3) is 7.66. The van der Waals surface area contributed by atoms with Gasteiger partial charge in [0.1, 0.15) is 0 Å². The number of fused-ring (bicyclic) bond motifs is 4. The molecular weight excluding hydrogens is 681 g/mol. The summed E-state index contributed by atoms with van der Waals surface area (Å²) in [6, 6.07) is 17.4. The number of aromatic amines is 2. The van der Waals surface area contributed by atoms with E-state index in [9.17, 15) is 43.5 Å². The second kappa shape index (κ2) is 14.3. The lowest BCUT2D eigenvalue weighted by Gasteiger charge is -1.93. The van der Waals surface area contributed by atoms with Crippen LogP contribution in [0.4, 0.5) is 35.9 Å². The summed E-state index contributed by atoms with van der Waals surface area (Å²) < 4.78 is 41.8. The molecule has 4 N–H and O–H groups in total. The molecule has 0 saturated carbocycles. The van der Waals surface area contributed by atoms with Crippen LogP contribution in [0.1, 0.15) is 0 Å². The molecule has 0 radical (unpaired) electrons. The maximum absolute atomic E-state index is 13.1.